The molecule has 0 saturated heterocycles. The highest BCUT2D eigenvalue weighted by atomic mass is 32.2. The van der Waals surface area contributed by atoms with Crippen molar-refractivity contribution in [3.63, 3.8) is 0 Å². The average Bonchev–Trinajstić information content (AvgIpc) is 2.95. The Morgan fingerprint density at radius 1 is 1.16 bits per heavy atom. The van der Waals surface area contributed by atoms with Crippen LogP contribution >= 0.6 is 0 Å². The molecule has 0 spiro atoms. The van der Waals surface area contributed by atoms with Crippen molar-refractivity contribution < 1.29 is 39.3 Å². The lowest BCUT2D eigenvalue weighted by Gasteiger charge is -2.13. The number of furan rings is 1. The molecule has 0 radical (unpaired) electrons. The summed E-state index contributed by atoms with van der Waals surface area (Å²) in [6.07, 6.45) is 1.08. The van der Waals surface area contributed by atoms with Crippen LogP contribution in [0, 0.1) is 6.92 Å². The van der Waals surface area contributed by atoms with E-state index in [1.54, 1.807) is 0 Å². The molecule has 1 aromatic carbocycles. The van der Waals surface area contributed by atoms with Crippen molar-refractivity contribution in [1.29, 1.82) is 0 Å². The van der Waals surface area contributed by atoms with Crippen LogP contribution in [0.1, 0.15) is 5.76 Å². The second kappa shape index (κ2) is 5.41. The number of alkyl halides is 3. The molecule has 2 heterocycles. The number of fused-ring (bicyclic) bond motifs is 2. The summed E-state index contributed by atoms with van der Waals surface area (Å²) < 4.78 is 80.5. The fourth-order valence-corrected chi connectivity index (χ4v) is 2.80. The van der Waals surface area contributed by atoms with Crippen LogP contribution in [0.3, 0.4) is 0 Å². The molecule has 0 unspecified atom stereocenters. The van der Waals surface area contributed by atoms with E-state index < -0.39 is 32.4 Å². The Balaban J connectivity index is 2.49. The molecule has 3 rings (SSSR count). The second-order valence-electron chi connectivity index (χ2n) is 4.93. The summed E-state index contributed by atoms with van der Waals surface area (Å²) in [6, 6.07) is 2.37. The quantitative estimate of drug-likeness (QED) is 0.510. The van der Waals surface area contributed by atoms with E-state index in [2.05, 4.69) is 4.18 Å². The van der Waals surface area contributed by atoms with Crippen molar-refractivity contribution in [3.05, 3.63) is 34.4 Å². The predicted octanol–water partition coefficient (Wildman–Crippen LogP) is 3.08. The maximum absolute atomic E-state index is 12.7. The first kappa shape index (κ1) is 17.1. The summed E-state index contributed by atoms with van der Waals surface area (Å²) in [6.45, 7) is 1.36. The monoisotopic (exact) mass is 378 g/mol. The Morgan fingerprint density at radius 2 is 1.84 bits per heavy atom. The van der Waals surface area contributed by atoms with Gasteiger partial charge in [-0.25, -0.2) is 0 Å². The smallest absolute Gasteiger partial charge is 0.495 e. The Kier molecular flexibility index (Phi) is 3.71. The Morgan fingerprint density at radius 3 is 2.44 bits per heavy atom. The minimum Gasteiger partial charge on any atom is -0.495 e. The summed E-state index contributed by atoms with van der Waals surface area (Å²) in [4.78, 5) is 12.3. The van der Waals surface area contributed by atoms with Crippen molar-refractivity contribution in [2.75, 3.05) is 7.11 Å². The van der Waals surface area contributed by atoms with Crippen molar-refractivity contribution in [1.82, 2.24) is 0 Å². The van der Waals surface area contributed by atoms with E-state index >= 15 is 0 Å². The summed E-state index contributed by atoms with van der Waals surface area (Å²) in [5, 5.41) is -0.215. The maximum Gasteiger partial charge on any atom is 0.534 e. The lowest BCUT2D eigenvalue weighted by molar-refractivity contribution is -0.0499. The fraction of sp³-hybridized carbons (Fsp3) is 0.214. The lowest BCUT2D eigenvalue weighted by Crippen LogP contribution is -2.28. The molecule has 0 amide bonds. The Labute approximate surface area is 137 Å². The second-order valence-corrected chi connectivity index (χ2v) is 6.47. The molecule has 0 aliphatic heterocycles. The van der Waals surface area contributed by atoms with Gasteiger partial charge in [-0.05, 0) is 13.0 Å². The van der Waals surface area contributed by atoms with Gasteiger partial charge in [-0.2, -0.15) is 21.6 Å². The fourth-order valence-electron chi connectivity index (χ4n) is 2.33. The van der Waals surface area contributed by atoms with E-state index in [0.29, 0.717) is 0 Å². The van der Waals surface area contributed by atoms with Crippen molar-refractivity contribution in [2.24, 2.45) is 0 Å². The molecule has 3 aromatic rings. The van der Waals surface area contributed by atoms with E-state index in [9.17, 15) is 26.4 Å². The van der Waals surface area contributed by atoms with Gasteiger partial charge in [-0.15, -0.1) is 0 Å². The Bertz CT molecular complexity index is 1140. The molecule has 0 aliphatic rings. The first-order valence-corrected chi connectivity index (χ1v) is 8.00. The van der Waals surface area contributed by atoms with Crippen LogP contribution in [-0.4, -0.2) is 21.0 Å². The topological polar surface area (TPSA) is 96.0 Å². The zero-order valence-electron chi connectivity index (χ0n) is 12.6. The molecule has 7 nitrogen and oxygen atoms in total. The van der Waals surface area contributed by atoms with Crippen LogP contribution in [0.25, 0.3) is 21.9 Å². The van der Waals surface area contributed by atoms with Gasteiger partial charge >= 0.3 is 15.6 Å². The third-order valence-corrected chi connectivity index (χ3v) is 4.25. The number of ether oxygens (including phenoxy) is 1. The highest BCUT2D eigenvalue weighted by Crippen LogP contribution is 2.43. The average molecular weight is 378 g/mol. The summed E-state index contributed by atoms with van der Waals surface area (Å²) >= 11 is 0. The number of rotatable bonds is 3. The molecular formula is C14H9F3O7S. The van der Waals surface area contributed by atoms with Crippen LogP contribution < -0.4 is 14.3 Å². The van der Waals surface area contributed by atoms with E-state index in [4.69, 9.17) is 13.6 Å². The highest BCUT2D eigenvalue weighted by molar-refractivity contribution is 7.88. The van der Waals surface area contributed by atoms with Crippen molar-refractivity contribution in [2.45, 2.75) is 12.4 Å². The van der Waals surface area contributed by atoms with Gasteiger partial charge in [0.25, 0.3) is 0 Å². The van der Waals surface area contributed by atoms with Gasteiger partial charge in [0.05, 0.1) is 18.8 Å². The third kappa shape index (κ3) is 2.60. The summed E-state index contributed by atoms with van der Waals surface area (Å²) in [5.74, 6) is -0.891. The van der Waals surface area contributed by atoms with Crippen molar-refractivity contribution >= 4 is 32.1 Å². The number of methoxy groups -OCH3 is 1. The van der Waals surface area contributed by atoms with Gasteiger partial charge in [0.15, 0.2) is 16.6 Å². The molecule has 134 valence electrons. The molecule has 2 aromatic heterocycles. The zero-order chi connectivity index (χ0) is 18.6. The maximum atomic E-state index is 12.7. The summed E-state index contributed by atoms with van der Waals surface area (Å²) in [5.41, 5.74) is -7.22. The van der Waals surface area contributed by atoms with E-state index in [1.165, 1.54) is 20.1 Å². The highest BCUT2D eigenvalue weighted by Gasteiger charge is 2.49. The van der Waals surface area contributed by atoms with Crippen LogP contribution in [-0.2, 0) is 10.1 Å². The number of aryl methyl sites for hydroxylation is 1. The summed E-state index contributed by atoms with van der Waals surface area (Å²) in [7, 11) is -4.79. The van der Waals surface area contributed by atoms with Gasteiger partial charge in [0.2, 0.25) is 5.75 Å². The predicted molar refractivity (Wildman–Crippen MR) is 79.1 cm³/mol. The van der Waals surface area contributed by atoms with E-state index in [1.807, 2.05) is 0 Å². The molecule has 0 N–H and O–H groups in total. The van der Waals surface area contributed by atoms with Gasteiger partial charge in [0.1, 0.15) is 16.9 Å². The SMILES string of the molecule is COc1c2ccoc2c(OS(=O)(=O)C(F)(F)F)c2oc(C)cc(=O)c12. The molecule has 0 aliphatic carbocycles. The molecular weight excluding hydrogens is 369 g/mol. The normalized spacial score (nSPS) is 12.7. The minimum atomic E-state index is -6.02. The zero-order valence-corrected chi connectivity index (χ0v) is 13.4. The largest absolute Gasteiger partial charge is 0.534 e. The molecule has 25 heavy (non-hydrogen) atoms. The van der Waals surface area contributed by atoms with Gasteiger partial charge in [0, 0.05) is 6.07 Å². The third-order valence-electron chi connectivity index (χ3n) is 3.30. The molecule has 0 saturated carbocycles. The first-order chi connectivity index (χ1) is 11.6. The number of hydrogen-bond donors (Lipinski definition) is 0. The molecule has 0 fully saturated rings. The minimum absolute atomic E-state index is 0.0275. The van der Waals surface area contributed by atoms with Gasteiger partial charge in [-0.1, -0.05) is 0 Å². The molecule has 11 heteroatoms. The Hall–Kier alpha value is -2.69. The van der Waals surface area contributed by atoms with Crippen LogP contribution in [0.2, 0.25) is 0 Å². The number of benzene rings is 1. The lowest BCUT2D eigenvalue weighted by atomic mass is 10.1. The van der Waals surface area contributed by atoms with Crippen molar-refractivity contribution in [3.8, 4) is 11.5 Å². The number of hydrogen-bond acceptors (Lipinski definition) is 7. The molecule has 0 bridgehead atoms. The standard InChI is InChI=1S/C14H9F3O7S/c1-6-5-8(18)9-10(21-2)7-3-4-22-11(7)13(12(9)23-6)24-25(19,20)14(15,16)17/h3-5H,1-2H3. The van der Waals surface area contributed by atoms with Gasteiger partial charge < -0.3 is 17.8 Å². The first-order valence-electron chi connectivity index (χ1n) is 6.59. The number of halogens is 3. The van der Waals surface area contributed by atoms with E-state index in [-0.39, 0.29) is 27.9 Å². The van der Waals surface area contributed by atoms with E-state index in [0.717, 1.165) is 12.3 Å². The molecule has 0 atom stereocenters. The van der Waals surface area contributed by atoms with Crippen LogP contribution in [0.5, 0.6) is 11.5 Å². The van der Waals surface area contributed by atoms with Crippen LogP contribution in [0.4, 0.5) is 13.2 Å². The van der Waals surface area contributed by atoms with Crippen LogP contribution in [0.15, 0.2) is 32.0 Å². The van der Waals surface area contributed by atoms with Gasteiger partial charge in [-0.3, -0.25) is 4.79 Å².